The molecule has 1 N–H and O–H groups in total. The Hall–Kier alpha value is -3.78. The molecule has 0 bridgehead atoms. The van der Waals surface area contributed by atoms with Crippen molar-refractivity contribution in [1.82, 2.24) is 15.3 Å². The summed E-state index contributed by atoms with van der Waals surface area (Å²) in [5, 5.41) is 2.95. The molecule has 8 nitrogen and oxygen atoms in total. The Morgan fingerprint density at radius 1 is 1.03 bits per heavy atom. The Bertz CT molecular complexity index is 1070. The van der Waals surface area contributed by atoms with Gasteiger partial charge in [0.1, 0.15) is 0 Å². The van der Waals surface area contributed by atoms with Gasteiger partial charge in [-0.15, -0.1) is 0 Å². The quantitative estimate of drug-likeness (QED) is 0.558. The second-order valence-electron chi connectivity index (χ2n) is 7.58. The van der Waals surface area contributed by atoms with Crippen LogP contribution in [-0.4, -0.2) is 60.8 Å². The van der Waals surface area contributed by atoms with E-state index in [1.54, 1.807) is 6.92 Å². The number of aromatic nitrogens is 2. The van der Waals surface area contributed by atoms with Gasteiger partial charge in [-0.1, -0.05) is 42.5 Å². The number of amides is 1. The van der Waals surface area contributed by atoms with Gasteiger partial charge in [0, 0.05) is 37.6 Å². The molecule has 1 amide bonds. The molecule has 1 aliphatic rings. The highest BCUT2D eigenvalue weighted by molar-refractivity contribution is 5.94. The van der Waals surface area contributed by atoms with E-state index in [9.17, 15) is 9.59 Å². The molecule has 8 heteroatoms. The maximum absolute atomic E-state index is 12.6. The van der Waals surface area contributed by atoms with E-state index in [2.05, 4.69) is 15.3 Å². The molecule has 170 valence electrons. The first-order valence-electron chi connectivity index (χ1n) is 10.9. The van der Waals surface area contributed by atoms with Gasteiger partial charge in [0.25, 0.3) is 5.91 Å². The molecule has 3 aromatic rings. The number of benzene rings is 2. The number of esters is 1. The molecule has 1 saturated heterocycles. The van der Waals surface area contributed by atoms with Crippen LogP contribution in [0.15, 0.2) is 67.0 Å². The van der Waals surface area contributed by atoms with E-state index in [0.29, 0.717) is 49.9 Å². The van der Waals surface area contributed by atoms with Crippen LogP contribution in [-0.2, 0) is 9.47 Å². The Morgan fingerprint density at radius 2 is 1.73 bits per heavy atom. The fraction of sp³-hybridized carbons (Fsp3) is 0.280. The van der Waals surface area contributed by atoms with Gasteiger partial charge in [0.2, 0.25) is 5.95 Å². The van der Waals surface area contributed by atoms with Crippen LogP contribution >= 0.6 is 0 Å². The lowest BCUT2D eigenvalue weighted by Gasteiger charge is -2.33. The van der Waals surface area contributed by atoms with Crippen molar-refractivity contribution < 1.29 is 19.1 Å². The third-order valence-corrected chi connectivity index (χ3v) is 5.32. The topological polar surface area (TPSA) is 93.6 Å². The molecule has 1 atom stereocenters. The van der Waals surface area contributed by atoms with Crippen molar-refractivity contribution in [2.75, 3.05) is 37.7 Å². The predicted molar refractivity (Wildman–Crippen MR) is 124 cm³/mol. The average molecular weight is 447 g/mol. The molecular formula is C25H26N4O4. The highest BCUT2D eigenvalue weighted by Crippen LogP contribution is 2.19. The van der Waals surface area contributed by atoms with Crippen molar-refractivity contribution in [3.8, 4) is 11.1 Å². The SMILES string of the molecule is CCOC(=O)c1cnc(N2CCOC(CNC(=O)c3ccc(-c4ccccc4)cc3)C2)nc1. The lowest BCUT2D eigenvalue weighted by Crippen LogP contribution is -2.48. The van der Waals surface area contributed by atoms with Crippen LogP contribution in [0.25, 0.3) is 11.1 Å². The largest absolute Gasteiger partial charge is 0.462 e. The first kappa shape index (κ1) is 22.4. The molecule has 0 radical (unpaired) electrons. The second-order valence-corrected chi connectivity index (χ2v) is 7.58. The third kappa shape index (κ3) is 5.72. The van der Waals surface area contributed by atoms with Crippen molar-refractivity contribution in [2.45, 2.75) is 13.0 Å². The minimum atomic E-state index is -0.441. The monoisotopic (exact) mass is 446 g/mol. The summed E-state index contributed by atoms with van der Waals surface area (Å²) in [6.45, 7) is 4.08. The van der Waals surface area contributed by atoms with E-state index < -0.39 is 5.97 Å². The number of nitrogens with one attached hydrogen (secondary N) is 1. The highest BCUT2D eigenvalue weighted by atomic mass is 16.5. The fourth-order valence-electron chi connectivity index (χ4n) is 3.58. The van der Waals surface area contributed by atoms with Gasteiger partial charge >= 0.3 is 5.97 Å². The van der Waals surface area contributed by atoms with Crippen LogP contribution in [0.5, 0.6) is 0 Å². The van der Waals surface area contributed by atoms with Gasteiger partial charge in [0.05, 0.1) is 24.9 Å². The molecule has 0 spiro atoms. The molecule has 0 aliphatic carbocycles. The number of hydrogen-bond donors (Lipinski definition) is 1. The Morgan fingerprint density at radius 3 is 2.42 bits per heavy atom. The summed E-state index contributed by atoms with van der Waals surface area (Å²) in [6.07, 6.45) is 2.73. The molecule has 2 heterocycles. The Balaban J connectivity index is 1.30. The van der Waals surface area contributed by atoms with Gasteiger partial charge < -0.3 is 19.7 Å². The number of hydrogen-bond acceptors (Lipinski definition) is 7. The number of rotatable bonds is 7. The minimum absolute atomic E-state index is 0.148. The van der Waals surface area contributed by atoms with Crippen LogP contribution in [0, 0.1) is 0 Å². The number of morpholine rings is 1. The summed E-state index contributed by atoms with van der Waals surface area (Å²) < 4.78 is 10.8. The molecule has 33 heavy (non-hydrogen) atoms. The zero-order valence-corrected chi connectivity index (χ0v) is 18.4. The summed E-state index contributed by atoms with van der Waals surface area (Å²) in [7, 11) is 0. The number of nitrogens with zero attached hydrogens (tertiary/aromatic N) is 3. The number of anilines is 1. The molecular weight excluding hydrogens is 420 g/mol. The smallest absolute Gasteiger partial charge is 0.341 e. The van der Waals surface area contributed by atoms with Gasteiger partial charge in [-0.05, 0) is 30.2 Å². The lowest BCUT2D eigenvalue weighted by atomic mass is 10.0. The maximum Gasteiger partial charge on any atom is 0.341 e. The summed E-state index contributed by atoms with van der Waals surface area (Å²) >= 11 is 0. The van der Waals surface area contributed by atoms with Gasteiger partial charge in [-0.25, -0.2) is 14.8 Å². The van der Waals surface area contributed by atoms with Crippen molar-refractivity contribution in [3.63, 3.8) is 0 Å². The molecule has 4 rings (SSSR count). The van der Waals surface area contributed by atoms with E-state index in [0.717, 1.165) is 11.1 Å². The summed E-state index contributed by atoms with van der Waals surface area (Å²) in [5.74, 6) is -0.0760. The van der Waals surface area contributed by atoms with Crippen LogP contribution in [0.3, 0.4) is 0 Å². The predicted octanol–water partition coefficient (Wildman–Crippen LogP) is 2.96. The van der Waals surface area contributed by atoms with Crippen LogP contribution < -0.4 is 10.2 Å². The Labute approximate surface area is 192 Å². The van der Waals surface area contributed by atoms with Gasteiger partial charge in [-0.2, -0.15) is 0 Å². The number of carbonyl (C=O) groups excluding carboxylic acids is 2. The zero-order valence-electron chi connectivity index (χ0n) is 18.4. The van der Waals surface area contributed by atoms with Crippen LogP contribution in [0.4, 0.5) is 5.95 Å². The number of ether oxygens (including phenoxy) is 2. The summed E-state index contributed by atoms with van der Waals surface area (Å²) in [4.78, 5) is 34.9. The summed E-state index contributed by atoms with van der Waals surface area (Å²) in [6, 6.07) is 17.6. The first-order chi connectivity index (χ1) is 16.1. The zero-order chi connectivity index (χ0) is 23.0. The fourth-order valence-corrected chi connectivity index (χ4v) is 3.58. The molecule has 1 aliphatic heterocycles. The van der Waals surface area contributed by atoms with E-state index in [1.807, 2.05) is 59.5 Å². The standard InChI is InChI=1S/C25H26N4O4/c1-2-32-24(31)21-14-27-25(28-15-21)29-12-13-33-22(17-29)16-26-23(30)20-10-8-19(9-11-20)18-6-4-3-5-7-18/h3-11,14-15,22H,2,12-13,16-17H2,1H3,(H,26,30). The van der Waals surface area contributed by atoms with E-state index in [4.69, 9.17) is 9.47 Å². The van der Waals surface area contributed by atoms with Crippen molar-refractivity contribution in [2.24, 2.45) is 0 Å². The van der Waals surface area contributed by atoms with Gasteiger partial charge in [-0.3, -0.25) is 4.79 Å². The molecule has 0 saturated carbocycles. The molecule has 1 aromatic heterocycles. The second kappa shape index (κ2) is 10.7. The maximum atomic E-state index is 12.6. The molecule has 2 aromatic carbocycles. The average Bonchev–Trinajstić information content (AvgIpc) is 2.88. The van der Waals surface area contributed by atoms with E-state index in [1.165, 1.54) is 12.4 Å². The van der Waals surface area contributed by atoms with Crippen LogP contribution in [0.2, 0.25) is 0 Å². The van der Waals surface area contributed by atoms with Crippen molar-refractivity contribution in [1.29, 1.82) is 0 Å². The Kier molecular flexibility index (Phi) is 7.26. The first-order valence-corrected chi connectivity index (χ1v) is 10.9. The normalized spacial score (nSPS) is 15.7. The highest BCUT2D eigenvalue weighted by Gasteiger charge is 2.23. The minimum Gasteiger partial charge on any atom is -0.462 e. The molecule has 1 fully saturated rings. The number of carbonyl (C=O) groups is 2. The van der Waals surface area contributed by atoms with Crippen molar-refractivity contribution >= 4 is 17.8 Å². The van der Waals surface area contributed by atoms with E-state index in [-0.39, 0.29) is 12.0 Å². The van der Waals surface area contributed by atoms with E-state index >= 15 is 0 Å². The summed E-state index contributed by atoms with van der Waals surface area (Å²) in [5.41, 5.74) is 3.08. The van der Waals surface area contributed by atoms with Crippen LogP contribution in [0.1, 0.15) is 27.6 Å². The lowest BCUT2D eigenvalue weighted by molar-refractivity contribution is 0.0391. The van der Waals surface area contributed by atoms with Gasteiger partial charge in [0.15, 0.2) is 0 Å². The van der Waals surface area contributed by atoms with Crippen molar-refractivity contribution in [3.05, 3.63) is 78.1 Å². The third-order valence-electron chi connectivity index (χ3n) is 5.32. The molecule has 1 unspecified atom stereocenters.